The van der Waals surface area contributed by atoms with Crippen molar-refractivity contribution in [2.75, 3.05) is 0 Å². The highest BCUT2D eigenvalue weighted by molar-refractivity contribution is 7.89. The molecule has 1 aromatic carbocycles. The number of nitrogens with two attached hydrogens (primary N) is 1. The molecule has 2 aromatic rings. The number of hydrogen-bond donors (Lipinski definition) is 2. The summed E-state index contributed by atoms with van der Waals surface area (Å²) in [5.41, 5.74) is 0.721. The highest BCUT2D eigenvalue weighted by atomic mass is 32.2. The molecule has 2 rings (SSSR count). The summed E-state index contributed by atoms with van der Waals surface area (Å²) in [6.45, 7) is 2.75. The average molecular weight is 366 g/mol. The minimum atomic E-state index is -4.05. The zero-order chi connectivity index (χ0) is 18.8. The first-order valence-corrected chi connectivity index (χ1v) is 8.87. The fourth-order valence-corrected chi connectivity index (χ4v) is 3.01. The fourth-order valence-electron chi connectivity index (χ4n) is 2.29. The highest BCUT2D eigenvalue weighted by Crippen LogP contribution is 2.22. The molecule has 0 aliphatic heterocycles. The Kier molecular flexibility index (Phi) is 5.29. The van der Waals surface area contributed by atoms with E-state index in [2.05, 4.69) is 0 Å². The molecule has 3 N–H and O–H groups in total. The molecule has 1 atom stereocenters. The number of sulfonamides is 1. The number of hydrogen-bond acceptors (Lipinski definition) is 5. The highest BCUT2D eigenvalue weighted by Gasteiger charge is 2.30. The SMILES string of the molecule is Cc1oc(C(=O)N(Cc2ccccc2)C(C)C(=O)O)cc1S(N)(=O)=O. The van der Waals surface area contributed by atoms with Crippen LogP contribution in [0.25, 0.3) is 0 Å². The third-order valence-electron chi connectivity index (χ3n) is 3.67. The second kappa shape index (κ2) is 7.08. The van der Waals surface area contributed by atoms with Crippen molar-refractivity contribution in [3.8, 4) is 0 Å². The number of benzene rings is 1. The average Bonchev–Trinajstić information content (AvgIpc) is 2.94. The molecule has 1 aromatic heterocycles. The predicted octanol–water partition coefficient (Wildman–Crippen LogP) is 1.35. The molecule has 0 fully saturated rings. The summed E-state index contributed by atoms with van der Waals surface area (Å²) in [7, 11) is -4.05. The van der Waals surface area contributed by atoms with Gasteiger partial charge in [0.25, 0.3) is 5.91 Å². The van der Waals surface area contributed by atoms with Gasteiger partial charge in [-0.3, -0.25) is 4.79 Å². The Bertz CT molecular complexity index is 889. The van der Waals surface area contributed by atoms with Crippen molar-refractivity contribution in [2.45, 2.75) is 31.3 Å². The number of carboxylic acid groups (broad SMARTS) is 1. The smallest absolute Gasteiger partial charge is 0.326 e. The van der Waals surface area contributed by atoms with Crippen molar-refractivity contribution in [3.63, 3.8) is 0 Å². The number of carbonyl (C=O) groups is 2. The number of nitrogens with zero attached hydrogens (tertiary/aromatic N) is 1. The molecular formula is C16H18N2O6S. The second-order valence-corrected chi connectivity index (χ2v) is 7.04. The van der Waals surface area contributed by atoms with E-state index >= 15 is 0 Å². The number of aryl methyl sites for hydroxylation is 1. The van der Waals surface area contributed by atoms with E-state index in [4.69, 9.17) is 9.56 Å². The van der Waals surface area contributed by atoms with Crippen molar-refractivity contribution in [2.24, 2.45) is 5.14 Å². The Hall–Kier alpha value is -2.65. The Morgan fingerprint density at radius 3 is 2.36 bits per heavy atom. The molecule has 9 heteroatoms. The molecule has 134 valence electrons. The molecule has 1 unspecified atom stereocenters. The van der Waals surface area contributed by atoms with Gasteiger partial charge >= 0.3 is 5.97 Å². The Balaban J connectivity index is 2.40. The molecule has 1 amide bonds. The molecule has 0 saturated heterocycles. The van der Waals surface area contributed by atoms with Gasteiger partial charge in [-0.2, -0.15) is 0 Å². The van der Waals surface area contributed by atoms with Crippen molar-refractivity contribution in [1.82, 2.24) is 4.90 Å². The van der Waals surface area contributed by atoms with E-state index in [-0.39, 0.29) is 23.0 Å². The monoisotopic (exact) mass is 366 g/mol. The number of rotatable bonds is 6. The number of primary sulfonamides is 1. The normalized spacial score (nSPS) is 12.6. The van der Waals surface area contributed by atoms with Crippen LogP contribution in [0.2, 0.25) is 0 Å². The van der Waals surface area contributed by atoms with Gasteiger partial charge in [-0.25, -0.2) is 18.4 Å². The van der Waals surface area contributed by atoms with Gasteiger partial charge in [0.1, 0.15) is 16.7 Å². The summed E-state index contributed by atoms with van der Waals surface area (Å²) in [4.78, 5) is 24.9. The predicted molar refractivity (Wildman–Crippen MR) is 88.2 cm³/mol. The van der Waals surface area contributed by atoms with Crippen molar-refractivity contribution in [1.29, 1.82) is 0 Å². The van der Waals surface area contributed by atoms with E-state index in [1.54, 1.807) is 30.3 Å². The Morgan fingerprint density at radius 1 is 1.28 bits per heavy atom. The lowest BCUT2D eigenvalue weighted by Gasteiger charge is -2.25. The van der Waals surface area contributed by atoms with Crippen LogP contribution in [-0.4, -0.2) is 36.3 Å². The second-order valence-electron chi connectivity index (χ2n) is 5.51. The van der Waals surface area contributed by atoms with Crippen molar-refractivity contribution < 1.29 is 27.5 Å². The van der Waals surface area contributed by atoms with Crippen molar-refractivity contribution >= 4 is 21.9 Å². The molecule has 0 radical (unpaired) electrons. The lowest BCUT2D eigenvalue weighted by atomic mass is 10.1. The number of carbonyl (C=O) groups excluding carboxylic acids is 1. The van der Waals surface area contributed by atoms with E-state index in [0.717, 1.165) is 16.5 Å². The van der Waals surface area contributed by atoms with E-state index in [1.165, 1.54) is 13.8 Å². The zero-order valence-electron chi connectivity index (χ0n) is 13.7. The van der Waals surface area contributed by atoms with E-state index in [9.17, 15) is 23.1 Å². The molecule has 0 aliphatic rings. The number of furan rings is 1. The molecule has 25 heavy (non-hydrogen) atoms. The van der Waals surface area contributed by atoms with Crippen molar-refractivity contribution in [3.05, 3.63) is 53.5 Å². The third kappa shape index (κ3) is 4.25. The van der Waals surface area contributed by atoms with Crippen LogP contribution in [0.4, 0.5) is 0 Å². The fraction of sp³-hybridized carbons (Fsp3) is 0.250. The quantitative estimate of drug-likeness (QED) is 0.793. The van der Waals surface area contributed by atoms with Crippen LogP contribution < -0.4 is 5.14 Å². The number of carboxylic acids is 1. The third-order valence-corrected chi connectivity index (χ3v) is 4.69. The lowest BCUT2D eigenvalue weighted by Crippen LogP contribution is -2.42. The Morgan fingerprint density at radius 2 is 1.88 bits per heavy atom. The van der Waals surface area contributed by atoms with Crippen LogP contribution in [0, 0.1) is 6.92 Å². The van der Waals surface area contributed by atoms with Crippen LogP contribution in [0.15, 0.2) is 45.7 Å². The molecule has 1 heterocycles. The first-order valence-electron chi connectivity index (χ1n) is 7.32. The maximum Gasteiger partial charge on any atom is 0.326 e. The summed E-state index contributed by atoms with van der Waals surface area (Å²) in [5.74, 6) is -2.25. The van der Waals surface area contributed by atoms with Gasteiger partial charge in [0, 0.05) is 12.6 Å². The maximum absolute atomic E-state index is 12.7. The molecular weight excluding hydrogens is 348 g/mol. The van der Waals surface area contributed by atoms with Crippen LogP contribution in [0.3, 0.4) is 0 Å². The summed E-state index contributed by atoms with van der Waals surface area (Å²) < 4.78 is 28.2. The summed E-state index contributed by atoms with van der Waals surface area (Å²) in [6.07, 6.45) is 0. The lowest BCUT2D eigenvalue weighted by molar-refractivity contribution is -0.141. The van der Waals surface area contributed by atoms with Gasteiger partial charge < -0.3 is 14.4 Å². The summed E-state index contributed by atoms with van der Waals surface area (Å²) in [5, 5.41) is 14.3. The minimum absolute atomic E-state index is 0.0254. The van der Waals surface area contributed by atoms with Gasteiger partial charge in [0.15, 0.2) is 5.76 Å². The van der Waals surface area contributed by atoms with E-state index < -0.39 is 27.9 Å². The largest absolute Gasteiger partial charge is 0.480 e. The van der Waals surface area contributed by atoms with Crippen LogP contribution in [0.5, 0.6) is 0 Å². The van der Waals surface area contributed by atoms with Gasteiger partial charge in [0.2, 0.25) is 10.0 Å². The van der Waals surface area contributed by atoms with Gasteiger partial charge in [-0.05, 0) is 19.4 Å². The molecule has 0 saturated carbocycles. The summed E-state index contributed by atoms with van der Waals surface area (Å²) >= 11 is 0. The maximum atomic E-state index is 12.7. The molecule has 0 bridgehead atoms. The first-order chi connectivity index (χ1) is 11.6. The topological polar surface area (TPSA) is 131 Å². The zero-order valence-corrected chi connectivity index (χ0v) is 14.5. The molecule has 0 spiro atoms. The van der Waals surface area contributed by atoms with E-state index in [1.807, 2.05) is 0 Å². The number of amides is 1. The first kappa shape index (κ1) is 18.7. The molecule has 8 nitrogen and oxygen atoms in total. The molecule has 0 aliphatic carbocycles. The number of aliphatic carboxylic acids is 1. The summed E-state index contributed by atoms with van der Waals surface area (Å²) in [6, 6.07) is 8.69. The van der Waals surface area contributed by atoms with Gasteiger partial charge in [0.05, 0.1) is 0 Å². The van der Waals surface area contributed by atoms with Crippen LogP contribution in [-0.2, 0) is 21.4 Å². The van der Waals surface area contributed by atoms with Crippen LogP contribution in [0.1, 0.15) is 28.8 Å². The van der Waals surface area contributed by atoms with E-state index in [0.29, 0.717) is 0 Å². The minimum Gasteiger partial charge on any atom is -0.480 e. The Labute approximate surface area is 144 Å². The van der Waals surface area contributed by atoms with Crippen LogP contribution >= 0.6 is 0 Å². The van der Waals surface area contributed by atoms with Gasteiger partial charge in [-0.15, -0.1) is 0 Å². The standard InChI is InChI=1S/C16H18N2O6S/c1-10(16(20)21)18(9-12-6-4-3-5-7-12)15(19)13-8-14(11(2)24-13)25(17,22)23/h3-8,10H,9H2,1-2H3,(H,20,21)(H2,17,22,23). The van der Waals surface area contributed by atoms with Gasteiger partial charge in [-0.1, -0.05) is 30.3 Å².